The van der Waals surface area contributed by atoms with Gasteiger partial charge in [0.15, 0.2) is 0 Å². The van der Waals surface area contributed by atoms with Gasteiger partial charge in [-0.25, -0.2) is 4.79 Å². The number of hydrogen-bond acceptors (Lipinski definition) is 4. The lowest BCUT2D eigenvalue weighted by Crippen LogP contribution is -2.11. The fourth-order valence-corrected chi connectivity index (χ4v) is 1.07. The van der Waals surface area contributed by atoms with Gasteiger partial charge >= 0.3 is 6.16 Å². The molecule has 0 radical (unpaired) electrons. The van der Waals surface area contributed by atoms with Crippen molar-refractivity contribution in [2.45, 2.75) is 6.92 Å². The van der Waals surface area contributed by atoms with Gasteiger partial charge in [0, 0.05) is 25.8 Å². The van der Waals surface area contributed by atoms with Crippen LogP contribution in [0.2, 0.25) is 0 Å². The summed E-state index contributed by atoms with van der Waals surface area (Å²) in [6, 6.07) is 7.24. The van der Waals surface area contributed by atoms with Crippen LogP contribution in [0.5, 0.6) is 5.75 Å². The number of carbonyl (C=O) groups is 1. The van der Waals surface area contributed by atoms with Crippen molar-refractivity contribution in [3.05, 3.63) is 24.3 Å². The van der Waals surface area contributed by atoms with Crippen LogP contribution in [0.4, 0.5) is 10.5 Å². The number of rotatable bonds is 3. The molecule has 0 aliphatic heterocycles. The zero-order valence-electron chi connectivity index (χ0n) is 9.60. The highest BCUT2D eigenvalue weighted by Crippen LogP contribution is 2.19. The lowest BCUT2D eigenvalue weighted by atomic mass is 10.3. The Morgan fingerprint density at radius 1 is 1.38 bits per heavy atom. The Balaban J connectivity index is 0.00000225. The van der Waals surface area contributed by atoms with E-state index in [0.29, 0.717) is 12.4 Å². The van der Waals surface area contributed by atoms with Crippen LogP contribution in [0.1, 0.15) is 6.92 Å². The highest BCUT2D eigenvalue weighted by molar-refractivity contribution is 5.85. The van der Waals surface area contributed by atoms with Gasteiger partial charge < -0.3 is 14.4 Å². The molecule has 0 aromatic heterocycles. The number of ether oxygens (including phenoxy) is 2. The summed E-state index contributed by atoms with van der Waals surface area (Å²) in [7, 11) is 3.84. The number of hydrogen-bond donors (Lipinski definition) is 0. The summed E-state index contributed by atoms with van der Waals surface area (Å²) in [5.41, 5.74) is 0.969. The van der Waals surface area contributed by atoms with Gasteiger partial charge in [0.25, 0.3) is 0 Å². The van der Waals surface area contributed by atoms with E-state index in [1.165, 1.54) is 0 Å². The van der Waals surface area contributed by atoms with Crippen LogP contribution in [-0.4, -0.2) is 26.9 Å². The summed E-state index contributed by atoms with van der Waals surface area (Å²) < 4.78 is 9.63. The van der Waals surface area contributed by atoms with Crippen LogP contribution in [0.25, 0.3) is 0 Å². The third-order valence-corrected chi connectivity index (χ3v) is 1.80. The first-order valence-electron chi connectivity index (χ1n) is 4.75. The van der Waals surface area contributed by atoms with Crippen molar-refractivity contribution in [1.29, 1.82) is 0 Å². The van der Waals surface area contributed by atoms with E-state index in [4.69, 9.17) is 4.74 Å². The molecule has 0 bridgehead atoms. The van der Waals surface area contributed by atoms with Crippen molar-refractivity contribution in [2.24, 2.45) is 0 Å². The number of halogens is 1. The zero-order valence-corrected chi connectivity index (χ0v) is 10.4. The van der Waals surface area contributed by atoms with E-state index in [-0.39, 0.29) is 12.4 Å². The van der Waals surface area contributed by atoms with Gasteiger partial charge in [0.2, 0.25) is 0 Å². The van der Waals surface area contributed by atoms with Crippen molar-refractivity contribution in [1.82, 2.24) is 0 Å². The lowest BCUT2D eigenvalue weighted by molar-refractivity contribution is 0.104. The molecule has 16 heavy (non-hydrogen) atoms. The standard InChI is InChI=1S/C11H15NO3.ClH/c1-4-14-11(13)15-10-7-5-6-9(8-10)12(2)3;/h5-8H,4H2,1-3H3;1H. The lowest BCUT2D eigenvalue weighted by Gasteiger charge is -2.13. The molecule has 0 heterocycles. The van der Waals surface area contributed by atoms with E-state index in [0.717, 1.165) is 5.69 Å². The first-order valence-corrected chi connectivity index (χ1v) is 4.75. The molecule has 90 valence electrons. The van der Waals surface area contributed by atoms with Crippen molar-refractivity contribution < 1.29 is 14.3 Å². The molecule has 0 aliphatic carbocycles. The molecule has 0 atom stereocenters. The van der Waals surface area contributed by atoms with E-state index < -0.39 is 6.16 Å². The van der Waals surface area contributed by atoms with Gasteiger partial charge in [0.05, 0.1) is 6.61 Å². The maximum atomic E-state index is 11.0. The van der Waals surface area contributed by atoms with Crippen molar-refractivity contribution in [2.75, 3.05) is 25.6 Å². The number of carbonyl (C=O) groups excluding carboxylic acids is 1. The minimum Gasteiger partial charge on any atom is -0.434 e. The first-order chi connectivity index (χ1) is 7.13. The Morgan fingerprint density at radius 3 is 2.62 bits per heavy atom. The quantitative estimate of drug-likeness (QED) is 0.606. The normalized spacial score (nSPS) is 8.94. The van der Waals surface area contributed by atoms with E-state index in [1.807, 2.05) is 31.1 Å². The molecule has 0 fully saturated rings. The summed E-state index contributed by atoms with van der Waals surface area (Å²) >= 11 is 0. The smallest absolute Gasteiger partial charge is 0.434 e. The van der Waals surface area contributed by atoms with E-state index >= 15 is 0 Å². The Hall–Kier alpha value is -1.42. The first kappa shape index (κ1) is 14.6. The molecule has 1 aromatic carbocycles. The summed E-state index contributed by atoms with van der Waals surface area (Å²) in [4.78, 5) is 13.0. The Morgan fingerprint density at radius 2 is 2.06 bits per heavy atom. The molecule has 0 saturated carbocycles. The summed E-state index contributed by atoms with van der Waals surface area (Å²) in [6.45, 7) is 2.05. The number of benzene rings is 1. The molecule has 1 rings (SSSR count). The van der Waals surface area contributed by atoms with Gasteiger partial charge in [-0.15, -0.1) is 12.4 Å². The molecule has 0 N–H and O–H groups in total. The van der Waals surface area contributed by atoms with Gasteiger partial charge in [0.1, 0.15) is 5.75 Å². The fraction of sp³-hybridized carbons (Fsp3) is 0.364. The predicted molar refractivity (Wildman–Crippen MR) is 65.7 cm³/mol. The van der Waals surface area contributed by atoms with Crippen LogP contribution in [0, 0.1) is 0 Å². The zero-order chi connectivity index (χ0) is 11.3. The van der Waals surface area contributed by atoms with Gasteiger partial charge in [-0.3, -0.25) is 0 Å². The summed E-state index contributed by atoms with van der Waals surface area (Å²) in [5.74, 6) is 0.486. The van der Waals surface area contributed by atoms with Crippen LogP contribution in [0.3, 0.4) is 0 Å². The molecule has 0 aliphatic rings. The molecular weight excluding hydrogens is 230 g/mol. The molecule has 5 heteroatoms. The Kier molecular flexibility index (Phi) is 6.34. The third kappa shape index (κ3) is 4.40. The fourth-order valence-electron chi connectivity index (χ4n) is 1.07. The second-order valence-electron chi connectivity index (χ2n) is 3.18. The predicted octanol–water partition coefficient (Wildman–Crippen LogP) is 2.71. The maximum absolute atomic E-state index is 11.0. The largest absolute Gasteiger partial charge is 0.513 e. The van der Waals surface area contributed by atoms with Crippen LogP contribution in [-0.2, 0) is 4.74 Å². The van der Waals surface area contributed by atoms with Crippen molar-refractivity contribution in [3.8, 4) is 5.75 Å². The van der Waals surface area contributed by atoms with Gasteiger partial charge in [-0.05, 0) is 19.1 Å². The SMILES string of the molecule is CCOC(=O)Oc1cccc(N(C)C)c1.Cl. The van der Waals surface area contributed by atoms with Gasteiger partial charge in [-0.1, -0.05) is 6.07 Å². The van der Waals surface area contributed by atoms with Gasteiger partial charge in [-0.2, -0.15) is 0 Å². The molecule has 1 aromatic rings. The monoisotopic (exact) mass is 245 g/mol. The van der Waals surface area contributed by atoms with Crippen LogP contribution >= 0.6 is 12.4 Å². The topological polar surface area (TPSA) is 38.8 Å². The van der Waals surface area contributed by atoms with E-state index in [9.17, 15) is 4.79 Å². The summed E-state index contributed by atoms with van der Waals surface area (Å²) in [6.07, 6.45) is -0.673. The van der Waals surface area contributed by atoms with E-state index in [1.54, 1.807) is 19.1 Å². The average molecular weight is 246 g/mol. The minimum atomic E-state index is -0.673. The highest BCUT2D eigenvalue weighted by Gasteiger charge is 2.05. The maximum Gasteiger partial charge on any atom is 0.513 e. The molecule has 0 spiro atoms. The number of nitrogens with zero attached hydrogens (tertiary/aromatic N) is 1. The summed E-state index contributed by atoms with van der Waals surface area (Å²) in [5, 5.41) is 0. The molecule has 0 saturated heterocycles. The second kappa shape index (κ2) is 6.95. The Labute approximate surface area is 102 Å². The van der Waals surface area contributed by atoms with Crippen molar-refractivity contribution >= 4 is 24.2 Å². The third-order valence-electron chi connectivity index (χ3n) is 1.80. The highest BCUT2D eigenvalue weighted by atomic mass is 35.5. The molecule has 4 nitrogen and oxygen atoms in total. The second-order valence-corrected chi connectivity index (χ2v) is 3.18. The Bertz CT molecular complexity index is 342. The number of anilines is 1. The van der Waals surface area contributed by atoms with Crippen molar-refractivity contribution in [3.63, 3.8) is 0 Å². The molecule has 0 unspecified atom stereocenters. The minimum absolute atomic E-state index is 0. The average Bonchev–Trinajstić information content (AvgIpc) is 2.18. The molecular formula is C11H16ClNO3. The van der Waals surface area contributed by atoms with Crippen LogP contribution < -0.4 is 9.64 Å². The molecule has 0 amide bonds. The van der Waals surface area contributed by atoms with Crippen LogP contribution in [0.15, 0.2) is 24.3 Å². The van der Waals surface area contributed by atoms with E-state index in [2.05, 4.69) is 4.74 Å².